The van der Waals surface area contributed by atoms with Crippen molar-refractivity contribution < 1.29 is 0 Å². The zero-order valence-electron chi connectivity index (χ0n) is 3.26. The molecule has 0 unspecified atom stereocenters. The summed E-state index contributed by atoms with van der Waals surface area (Å²) in [5.74, 6) is 0. The molecule has 0 aliphatic carbocycles. The van der Waals surface area contributed by atoms with E-state index in [9.17, 15) is 0 Å². The van der Waals surface area contributed by atoms with Crippen LogP contribution in [0.5, 0.6) is 0 Å². The first-order chi connectivity index (χ1) is 3.00. The number of allylic oxidation sites excluding steroid dienone is 3. The third-order valence-corrected chi connectivity index (χ3v) is 0.517. The van der Waals surface area contributed by atoms with Gasteiger partial charge in [0.1, 0.15) is 0 Å². The Morgan fingerprint density at radius 1 is 1.33 bits per heavy atom. The maximum atomic E-state index is 3.66. The Morgan fingerprint density at radius 2 is 2.33 bits per heavy atom. The van der Waals surface area contributed by atoms with Crippen LogP contribution in [0.15, 0.2) is 24.4 Å². The molecule has 1 aliphatic heterocycles. The smallest absolute Gasteiger partial charge is 0.0489 e. The van der Waals surface area contributed by atoms with Gasteiger partial charge in [0.25, 0.3) is 0 Å². The van der Waals surface area contributed by atoms with Crippen molar-refractivity contribution in [3.05, 3.63) is 24.4 Å². The molecule has 0 saturated carbocycles. The average Bonchev–Trinajstić information content (AvgIpc) is 1.72. The third-order valence-electron chi connectivity index (χ3n) is 0.517. The molecule has 1 heteroatoms. The van der Waals surface area contributed by atoms with Gasteiger partial charge in [-0.1, -0.05) is 0 Å². The van der Waals surface area contributed by atoms with Crippen molar-refractivity contribution in [1.29, 1.82) is 0 Å². The first-order valence-electron chi connectivity index (χ1n) is 1.77. The molecule has 0 amide bonds. The second kappa shape index (κ2) is 1.55. The van der Waals surface area contributed by atoms with E-state index < -0.39 is 0 Å². The molecule has 1 rings (SSSR count). The third kappa shape index (κ3) is 0.549. The number of hydrogen-bond acceptors (Lipinski definition) is 1. The summed E-state index contributed by atoms with van der Waals surface area (Å²) in [4.78, 5) is 3.66. The molecule has 0 spiro atoms. The Hall–Kier alpha value is -0.850. The van der Waals surface area contributed by atoms with E-state index in [0.29, 0.717) is 0 Å². The van der Waals surface area contributed by atoms with Crippen LogP contribution in [0, 0.1) is 0 Å². The molecule has 0 aromatic rings. The summed E-state index contributed by atoms with van der Waals surface area (Å²) in [5, 5.41) is 0. The maximum Gasteiger partial charge on any atom is 0.354 e. The van der Waals surface area contributed by atoms with Crippen LogP contribution in [0.3, 0.4) is 0 Å². The molecule has 0 atom stereocenters. The predicted octanol–water partition coefficient (Wildman–Crippen LogP) is 0.354. The van der Waals surface area contributed by atoms with Crippen LogP contribution in [0.1, 0.15) is 0 Å². The Labute approximate surface area is 36.7 Å². The summed E-state index contributed by atoms with van der Waals surface area (Å²) in [5.41, 5.74) is 0. The molecule has 0 N–H and O–H groups in total. The van der Waals surface area contributed by atoms with Crippen molar-refractivity contribution >= 4 is 6.21 Å². The lowest BCUT2D eigenvalue weighted by Gasteiger charge is -1.61. The molecule has 0 fully saturated rings. The van der Waals surface area contributed by atoms with E-state index in [4.69, 9.17) is 0 Å². The van der Waals surface area contributed by atoms with Gasteiger partial charge in [0.2, 0.25) is 6.20 Å². The van der Waals surface area contributed by atoms with Crippen LogP contribution in [-0.4, -0.2) is 6.21 Å². The van der Waals surface area contributed by atoms with Crippen molar-refractivity contribution in [2.45, 2.75) is 0 Å². The molecule has 0 bridgehead atoms. The number of hydrogen-bond donors (Lipinski definition) is 0. The van der Waals surface area contributed by atoms with Gasteiger partial charge < -0.3 is 0 Å². The molecule has 2 radical (unpaired) electrons. The van der Waals surface area contributed by atoms with Gasteiger partial charge in [0.15, 0.2) is 0 Å². The summed E-state index contributed by atoms with van der Waals surface area (Å²) in [6.07, 6.45) is 9.84. The van der Waals surface area contributed by atoms with Crippen LogP contribution in [0.25, 0.3) is 0 Å². The zero-order chi connectivity index (χ0) is 4.24. The summed E-state index contributed by atoms with van der Waals surface area (Å²) in [7, 11) is 0. The van der Waals surface area contributed by atoms with Crippen molar-refractivity contribution in [3.8, 4) is 0 Å². The molecule has 0 saturated heterocycles. The molecule has 6 heavy (non-hydrogen) atoms. The molecule has 0 aromatic heterocycles. The van der Waals surface area contributed by atoms with Gasteiger partial charge in [-0.2, -0.15) is 0 Å². The minimum atomic E-state index is 1.69. The topological polar surface area (TPSA) is 14.1 Å². The van der Waals surface area contributed by atoms with Crippen molar-refractivity contribution in [3.63, 3.8) is 0 Å². The minimum Gasteiger partial charge on any atom is -0.0489 e. The van der Waals surface area contributed by atoms with E-state index in [2.05, 4.69) is 11.2 Å². The highest BCUT2D eigenvalue weighted by atomic mass is 14.7. The second-order valence-electron chi connectivity index (χ2n) is 0.959. The van der Waals surface area contributed by atoms with E-state index in [1.807, 2.05) is 12.2 Å². The molecule has 28 valence electrons. The summed E-state index contributed by atoms with van der Waals surface area (Å²) in [6, 6.07) is 0. The lowest BCUT2D eigenvalue weighted by molar-refractivity contribution is 1.40. The van der Waals surface area contributed by atoms with Gasteiger partial charge >= 0.3 is 6.21 Å². The highest BCUT2D eigenvalue weighted by molar-refractivity contribution is 5.71. The monoisotopic (exact) mass is 78.0 g/mol. The first-order valence-corrected chi connectivity index (χ1v) is 1.77. The van der Waals surface area contributed by atoms with E-state index in [1.165, 1.54) is 0 Å². The Morgan fingerprint density at radius 3 is 2.50 bits per heavy atom. The summed E-state index contributed by atoms with van der Waals surface area (Å²) < 4.78 is 0. The molecule has 1 aliphatic rings. The van der Waals surface area contributed by atoms with Crippen LogP contribution < -0.4 is 4.99 Å². The fraction of sp³-hybridized carbons (Fsp3) is 0. The Kier molecular flexibility index (Phi) is 0.865. The normalized spacial score (nSPS) is 16.0. The van der Waals surface area contributed by atoms with E-state index in [0.717, 1.165) is 0 Å². The molecule has 0 aromatic carbocycles. The zero-order valence-corrected chi connectivity index (χ0v) is 3.26. The van der Waals surface area contributed by atoms with Crippen molar-refractivity contribution in [2.24, 2.45) is 0 Å². The van der Waals surface area contributed by atoms with E-state index in [1.54, 1.807) is 12.3 Å². The lowest BCUT2D eigenvalue weighted by Crippen LogP contribution is -1.79. The largest absolute Gasteiger partial charge is 0.354 e. The van der Waals surface area contributed by atoms with Crippen LogP contribution in [0.2, 0.25) is 0 Å². The predicted molar refractivity (Wildman–Crippen MR) is 25.4 cm³/mol. The Bertz CT molecular complexity index is 73.3. The van der Waals surface area contributed by atoms with E-state index >= 15 is 0 Å². The second-order valence-corrected chi connectivity index (χ2v) is 0.959. The van der Waals surface area contributed by atoms with Gasteiger partial charge in [-0.05, 0) is 6.08 Å². The molecular weight excluding hydrogens is 74.1 g/mol. The number of nitrogens with zero attached hydrogens (tertiary/aromatic N) is 1. The first kappa shape index (κ1) is 3.34. The van der Waals surface area contributed by atoms with Crippen LogP contribution in [-0.2, 0) is 0 Å². The van der Waals surface area contributed by atoms with Gasteiger partial charge in [-0.25, -0.2) is 0 Å². The van der Waals surface area contributed by atoms with Gasteiger partial charge in [0, 0.05) is 12.2 Å². The van der Waals surface area contributed by atoms with Crippen molar-refractivity contribution in [2.75, 3.05) is 0 Å². The summed E-state index contributed by atoms with van der Waals surface area (Å²) in [6.45, 7) is 0. The fourth-order valence-corrected chi connectivity index (χ4v) is 0.277. The number of aliphatic imine (C=N–C) groups is 1. The quantitative estimate of drug-likeness (QED) is 0.397. The van der Waals surface area contributed by atoms with Crippen LogP contribution >= 0.6 is 0 Å². The number of rotatable bonds is 0. The van der Waals surface area contributed by atoms with Crippen molar-refractivity contribution in [1.82, 2.24) is 4.99 Å². The fourth-order valence-electron chi connectivity index (χ4n) is 0.277. The lowest BCUT2D eigenvalue weighted by atomic mass is 10.4. The SMILES string of the molecule is [C]1=[N+]C=CC=C1. The highest BCUT2D eigenvalue weighted by Crippen LogP contribution is 1.74. The standard InChI is InChI=1S/C5H4N/c1-2-4-6-5-3-1/h1-4H/q+1. The average molecular weight is 78.1 g/mol. The highest BCUT2D eigenvalue weighted by Gasteiger charge is 1.83. The van der Waals surface area contributed by atoms with Gasteiger partial charge in [-0.3, -0.25) is 0 Å². The maximum absolute atomic E-state index is 3.66. The van der Waals surface area contributed by atoms with Gasteiger partial charge in [0.05, 0.1) is 4.99 Å². The molecule has 1 heterocycles. The van der Waals surface area contributed by atoms with Gasteiger partial charge in [-0.15, -0.1) is 0 Å². The Balaban J connectivity index is 2.77. The summed E-state index contributed by atoms with van der Waals surface area (Å²) >= 11 is 0. The van der Waals surface area contributed by atoms with Crippen LogP contribution in [0.4, 0.5) is 0 Å². The molecule has 1 nitrogen and oxygen atoms in total. The molecular formula is C5H4N+. The minimum absolute atomic E-state index is 1.69. The van der Waals surface area contributed by atoms with E-state index in [-0.39, 0.29) is 0 Å².